The molecule has 1 aliphatic rings. The van der Waals surface area contributed by atoms with Crippen LogP contribution in [-0.4, -0.2) is 36.4 Å². The quantitative estimate of drug-likeness (QED) is 0.722. The molecule has 0 amide bonds. The summed E-state index contributed by atoms with van der Waals surface area (Å²) in [7, 11) is 0. The van der Waals surface area contributed by atoms with Crippen LogP contribution in [0.2, 0.25) is 0 Å². The minimum Gasteiger partial charge on any atom is -0.506 e. The third-order valence-corrected chi connectivity index (χ3v) is 2.38. The normalized spacial score (nSPS) is 17.1. The first-order valence-corrected chi connectivity index (χ1v) is 4.76. The average Bonchev–Trinajstić information content (AvgIpc) is 2.23. The van der Waals surface area contributed by atoms with Crippen LogP contribution in [0.5, 0.6) is 5.75 Å². The van der Waals surface area contributed by atoms with Crippen molar-refractivity contribution in [1.29, 1.82) is 0 Å². The lowest BCUT2D eigenvalue weighted by Gasteiger charge is -2.27. The van der Waals surface area contributed by atoms with E-state index in [1.807, 2.05) is 6.07 Å². The molecule has 2 rings (SSSR count). The van der Waals surface area contributed by atoms with E-state index < -0.39 is 0 Å². The predicted molar refractivity (Wildman–Crippen MR) is 53.7 cm³/mol. The van der Waals surface area contributed by atoms with Crippen molar-refractivity contribution in [2.75, 3.05) is 31.2 Å². The number of rotatable bonds is 1. The molecule has 0 radical (unpaired) electrons. The first-order chi connectivity index (χ1) is 6.77. The van der Waals surface area contributed by atoms with Gasteiger partial charge in [-0.05, 0) is 19.1 Å². The highest BCUT2D eigenvalue weighted by atomic mass is 16.5. The minimum atomic E-state index is 0.252. The maximum Gasteiger partial charge on any atom is 0.136 e. The first kappa shape index (κ1) is 9.27. The van der Waals surface area contributed by atoms with Gasteiger partial charge in [0.2, 0.25) is 0 Å². The molecule has 1 aromatic heterocycles. The Morgan fingerprint density at radius 2 is 2.07 bits per heavy atom. The molecule has 0 bridgehead atoms. The summed E-state index contributed by atoms with van der Waals surface area (Å²) in [4.78, 5) is 6.48. The van der Waals surface area contributed by atoms with E-state index in [0.717, 1.165) is 32.1 Å². The van der Waals surface area contributed by atoms with Gasteiger partial charge in [-0.25, -0.2) is 4.98 Å². The van der Waals surface area contributed by atoms with E-state index in [9.17, 15) is 5.11 Å². The summed E-state index contributed by atoms with van der Waals surface area (Å²) in [6, 6.07) is 3.53. The van der Waals surface area contributed by atoms with Crippen LogP contribution in [-0.2, 0) is 4.74 Å². The van der Waals surface area contributed by atoms with Crippen LogP contribution in [0.15, 0.2) is 12.1 Å². The Morgan fingerprint density at radius 3 is 2.71 bits per heavy atom. The van der Waals surface area contributed by atoms with Gasteiger partial charge in [0.05, 0.1) is 18.9 Å². The number of hydrogen-bond donors (Lipinski definition) is 1. The topological polar surface area (TPSA) is 45.6 Å². The van der Waals surface area contributed by atoms with E-state index in [1.54, 1.807) is 13.0 Å². The van der Waals surface area contributed by atoms with Gasteiger partial charge in [0, 0.05) is 13.1 Å². The average molecular weight is 194 g/mol. The molecule has 1 aliphatic heterocycles. The molecular weight excluding hydrogens is 180 g/mol. The van der Waals surface area contributed by atoms with Crippen LogP contribution in [0.4, 0.5) is 5.82 Å². The zero-order valence-corrected chi connectivity index (χ0v) is 8.23. The first-order valence-electron chi connectivity index (χ1n) is 4.76. The lowest BCUT2D eigenvalue weighted by Crippen LogP contribution is -2.36. The number of aromatic nitrogens is 1. The summed E-state index contributed by atoms with van der Waals surface area (Å²) >= 11 is 0. The standard InChI is InChI=1S/C10H14N2O2/c1-8-9(13)2-3-10(11-8)12-4-6-14-7-5-12/h2-3,13H,4-7H2,1H3. The van der Waals surface area contributed by atoms with Gasteiger partial charge in [-0.15, -0.1) is 0 Å². The Morgan fingerprint density at radius 1 is 1.36 bits per heavy atom. The fourth-order valence-electron chi connectivity index (χ4n) is 1.51. The van der Waals surface area contributed by atoms with Crippen LogP contribution >= 0.6 is 0 Å². The molecule has 76 valence electrons. The summed E-state index contributed by atoms with van der Waals surface area (Å²) < 4.78 is 5.26. The molecule has 4 heteroatoms. The second kappa shape index (κ2) is 3.84. The Bertz CT molecular complexity index is 322. The van der Waals surface area contributed by atoms with E-state index in [0.29, 0.717) is 5.69 Å². The van der Waals surface area contributed by atoms with Crippen LogP contribution in [0, 0.1) is 6.92 Å². The highest BCUT2D eigenvalue weighted by molar-refractivity contribution is 5.43. The van der Waals surface area contributed by atoms with E-state index in [-0.39, 0.29) is 5.75 Å². The van der Waals surface area contributed by atoms with E-state index >= 15 is 0 Å². The summed E-state index contributed by atoms with van der Waals surface area (Å²) in [5.74, 6) is 1.17. The Balaban J connectivity index is 2.18. The van der Waals surface area contributed by atoms with Gasteiger partial charge in [-0.3, -0.25) is 0 Å². The number of ether oxygens (including phenoxy) is 1. The zero-order valence-electron chi connectivity index (χ0n) is 8.23. The number of pyridine rings is 1. The molecular formula is C10H14N2O2. The summed E-state index contributed by atoms with van der Waals surface area (Å²) in [5.41, 5.74) is 0.675. The van der Waals surface area contributed by atoms with Gasteiger partial charge in [-0.2, -0.15) is 0 Å². The minimum absolute atomic E-state index is 0.252. The highest BCUT2D eigenvalue weighted by Gasteiger charge is 2.12. The van der Waals surface area contributed by atoms with Crippen molar-refractivity contribution in [3.63, 3.8) is 0 Å². The largest absolute Gasteiger partial charge is 0.506 e. The Labute approximate surface area is 83.1 Å². The lowest BCUT2D eigenvalue weighted by molar-refractivity contribution is 0.122. The summed E-state index contributed by atoms with van der Waals surface area (Å²) in [6.45, 7) is 5.05. The molecule has 0 atom stereocenters. The Hall–Kier alpha value is -1.29. The number of aromatic hydroxyl groups is 1. The molecule has 2 heterocycles. The van der Waals surface area contributed by atoms with Crippen molar-refractivity contribution in [1.82, 2.24) is 4.98 Å². The van der Waals surface area contributed by atoms with Crippen LogP contribution in [0.1, 0.15) is 5.69 Å². The molecule has 1 N–H and O–H groups in total. The van der Waals surface area contributed by atoms with Crippen molar-refractivity contribution in [3.05, 3.63) is 17.8 Å². The van der Waals surface area contributed by atoms with Crippen molar-refractivity contribution in [3.8, 4) is 5.75 Å². The number of nitrogens with zero attached hydrogens (tertiary/aromatic N) is 2. The fourth-order valence-corrected chi connectivity index (χ4v) is 1.51. The van der Waals surface area contributed by atoms with Crippen molar-refractivity contribution in [2.24, 2.45) is 0 Å². The molecule has 0 aliphatic carbocycles. The molecule has 0 unspecified atom stereocenters. The molecule has 0 spiro atoms. The maximum atomic E-state index is 9.34. The van der Waals surface area contributed by atoms with Gasteiger partial charge >= 0.3 is 0 Å². The molecule has 4 nitrogen and oxygen atoms in total. The predicted octanol–water partition coefficient (Wildman–Crippen LogP) is 0.932. The van der Waals surface area contributed by atoms with E-state index in [4.69, 9.17) is 4.74 Å². The van der Waals surface area contributed by atoms with Crippen molar-refractivity contribution < 1.29 is 9.84 Å². The molecule has 0 saturated carbocycles. The summed E-state index contributed by atoms with van der Waals surface area (Å²) in [6.07, 6.45) is 0. The van der Waals surface area contributed by atoms with Crippen molar-refractivity contribution in [2.45, 2.75) is 6.92 Å². The van der Waals surface area contributed by atoms with Crippen molar-refractivity contribution >= 4 is 5.82 Å². The SMILES string of the molecule is Cc1nc(N2CCOCC2)ccc1O. The van der Waals surface area contributed by atoms with Gasteiger partial charge < -0.3 is 14.7 Å². The third-order valence-electron chi connectivity index (χ3n) is 2.38. The third kappa shape index (κ3) is 1.80. The number of anilines is 1. The number of aryl methyl sites for hydroxylation is 1. The van der Waals surface area contributed by atoms with Gasteiger partial charge in [0.25, 0.3) is 0 Å². The smallest absolute Gasteiger partial charge is 0.136 e. The van der Waals surface area contributed by atoms with Crippen LogP contribution < -0.4 is 4.90 Å². The highest BCUT2D eigenvalue weighted by Crippen LogP contribution is 2.19. The monoisotopic (exact) mass is 194 g/mol. The van der Waals surface area contributed by atoms with Crippen LogP contribution in [0.3, 0.4) is 0 Å². The second-order valence-corrected chi connectivity index (χ2v) is 3.37. The number of morpholine rings is 1. The second-order valence-electron chi connectivity index (χ2n) is 3.37. The van der Waals surface area contributed by atoms with Crippen LogP contribution in [0.25, 0.3) is 0 Å². The summed E-state index contributed by atoms with van der Waals surface area (Å²) in [5, 5.41) is 9.34. The fraction of sp³-hybridized carbons (Fsp3) is 0.500. The molecule has 0 aromatic carbocycles. The zero-order chi connectivity index (χ0) is 9.97. The molecule has 1 fully saturated rings. The van der Waals surface area contributed by atoms with E-state index in [1.165, 1.54) is 0 Å². The van der Waals surface area contributed by atoms with Gasteiger partial charge in [0.15, 0.2) is 0 Å². The number of hydrogen-bond acceptors (Lipinski definition) is 4. The molecule has 1 aromatic rings. The molecule has 1 saturated heterocycles. The maximum absolute atomic E-state index is 9.34. The van der Waals surface area contributed by atoms with E-state index in [2.05, 4.69) is 9.88 Å². The Kier molecular flexibility index (Phi) is 2.54. The molecule has 14 heavy (non-hydrogen) atoms. The van der Waals surface area contributed by atoms with Gasteiger partial charge in [0.1, 0.15) is 11.6 Å². The lowest BCUT2D eigenvalue weighted by atomic mass is 10.3. The van der Waals surface area contributed by atoms with Gasteiger partial charge in [-0.1, -0.05) is 0 Å².